The average Bonchev–Trinajstić information content (AvgIpc) is 2.99. The largest absolute Gasteiger partial charge is 0.370 e. The summed E-state index contributed by atoms with van der Waals surface area (Å²) in [6.45, 7) is 2.25. The quantitative estimate of drug-likeness (QED) is 0.516. The molecule has 7 aliphatic carbocycles. The second kappa shape index (κ2) is 2.66. The van der Waals surface area contributed by atoms with Crippen LogP contribution < -0.4 is 5.73 Å². The predicted molar refractivity (Wildman–Crippen MR) is 74.6 cm³/mol. The molecule has 0 spiro atoms. The summed E-state index contributed by atoms with van der Waals surface area (Å²) >= 11 is 0. The van der Waals surface area contributed by atoms with Gasteiger partial charge in [0.05, 0.1) is 0 Å². The smallest absolute Gasteiger partial charge is 0.188 e. The van der Waals surface area contributed by atoms with E-state index in [1.165, 1.54) is 11.8 Å². The molecule has 0 radical (unpaired) electrons. The Kier molecular flexibility index (Phi) is 1.34. The monoisotopic (exact) mass is 269 g/mol. The second-order valence-electron chi connectivity index (χ2n) is 9.14. The van der Waals surface area contributed by atoms with Crippen LogP contribution in [0.15, 0.2) is 0 Å². The highest BCUT2D eigenvalue weighted by Crippen LogP contribution is 2.88. The minimum Gasteiger partial charge on any atom is -0.370 e. The van der Waals surface area contributed by atoms with Gasteiger partial charge in [0.25, 0.3) is 0 Å². The van der Waals surface area contributed by atoms with Gasteiger partial charge in [0, 0.05) is 13.1 Å². The van der Waals surface area contributed by atoms with E-state index in [9.17, 15) is 0 Å². The first-order chi connectivity index (χ1) is 9.77. The van der Waals surface area contributed by atoms with Gasteiger partial charge >= 0.3 is 0 Å². The first-order valence-corrected chi connectivity index (χ1v) is 8.86. The Balaban J connectivity index is 1.40. The number of nitrogens with one attached hydrogen (secondary N) is 1. The first-order valence-electron chi connectivity index (χ1n) is 8.86. The number of guanidine groups is 1. The van der Waals surface area contributed by atoms with Crippen LogP contribution in [-0.4, -0.2) is 23.9 Å². The number of hydrogen-bond donors (Lipinski definition) is 2. The SMILES string of the molecule is N=C(N)N1CC2C(C1)C1C3C4CCC5C3C2C2C5C4C12. The molecule has 4 bridgehead atoms. The molecule has 3 N–H and O–H groups in total. The fraction of sp³-hybridized carbons (Fsp3) is 0.941. The lowest BCUT2D eigenvalue weighted by molar-refractivity contribution is -0.127. The van der Waals surface area contributed by atoms with Crippen molar-refractivity contribution in [2.24, 2.45) is 76.7 Å². The van der Waals surface area contributed by atoms with Crippen LogP contribution in [0.4, 0.5) is 0 Å². The van der Waals surface area contributed by atoms with Crippen molar-refractivity contribution in [1.82, 2.24) is 4.90 Å². The summed E-state index contributed by atoms with van der Waals surface area (Å²) in [6.07, 6.45) is 3.15. The maximum absolute atomic E-state index is 7.83. The van der Waals surface area contributed by atoms with Crippen molar-refractivity contribution in [1.29, 1.82) is 5.41 Å². The van der Waals surface area contributed by atoms with E-state index in [-0.39, 0.29) is 0 Å². The van der Waals surface area contributed by atoms with Crippen LogP contribution >= 0.6 is 0 Å². The van der Waals surface area contributed by atoms with Gasteiger partial charge in [0.1, 0.15) is 0 Å². The van der Waals surface area contributed by atoms with Crippen LogP contribution in [0, 0.1) is 76.4 Å². The molecule has 7 saturated carbocycles. The lowest BCUT2D eigenvalue weighted by atomic mass is 9.44. The minimum atomic E-state index is 0.341. The molecule has 1 aliphatic heterocycles. The number of fused-ring (bicyclic) bond motifs is 1. The minimum absolute atomic E-state index is 0.341. The lowest BCUT2D eigenvalue weighted by Gasteiger charge is -2.59. The van der Waals surface area contributed by atoms with Crippen LogP contribution in [0.3, 0.4) is 0 Å². The van der Waals surface area contributed by atoms with E-state index < -0.39 is 0 Å². The molecule has 0 aromatic heterocycles. The highest BCUT2D eigenvalue weighted by molar-refractivity contribution is 5.75. The third kappa shape index (κ3) is 0.710. The summed E-state index contributed by atoms with van der Waals surface area (Å²) in [4.78, 5) is 2.21. The molecule has 0 aromatic rings. The van der Waals surface area contributed by atoms with Gasteiger partial charge in [-0.05, 0) is 83.9 Å². The molecule has 0 amide bonds. The van der Waals surface area contributed by atoms with E-state index in [1.54, 1.807) is 12.8 Å². The molecule has 3 heteroatoms. The van der Waals surface area contributed by atoms with E-state index in [0.717, 1.165) is 72.3 Å². The van der Waals surface area contributed by atoms with Crippen molar-refractivity contribution in [2.45, 2.75) is 12.8 Å². The molecule has 0 aromatic carbocycles. The van der Waals surface area contributed by atoms with Gasteiger partial charge in [-0.3, -0.25) is 5.41 Å². The zero-order chi connectivity index (χ0) is 12.9. The first kappa shape index (κ1) is 10.1. The second-order valence-corrected chi connectivity index (χ2v) is 9.14. The molecule has 20 heavy (non-hydrogen) atoms. The fourth-order valence-corrected chi connectivity index (χ4v) is 9.89. The molecule has 1 saturated heterocycles. The van der Waals surface area contributed by atoms with Gasteiger partial charge in [-0.2, -0.15) is 0 Å². The van der Waals surface area contributed by atoms with Crippen molar-refractivity contribution in [3.63, 3.8) is 0 Å². The van der Waals surface area contributed by atoms with Crippen LogP contribution in [0.1, 0.15) is 12.8 Å². The number of nitrogens with two attached hydrogens (primary N) is 1. The summed E-state index contributed by atoms with van der Waals surface area (Å²) in [5.74, 6) is 13.4. The Labute approximate surface area is 119 Å². The normalized spacial score (nSPS) is 72.5. The molecular weight excluding hydrogens is 246 g/mol. The van der Waals surface area contributed by atoms with Crippen molar-refractivity contribution in [3.05, 3.63) is 0 Å². The Hall–Kier alpha value is -0.730. The number of likely N-dealkylation sites (tertiary alicyclic amines) is 1. The van der Waals surface area contributed by atoms with Crippen molar-refractivity contribution >= 4 is 5.96 Å². The Morgan fingerprint density at radius 1 is 0.700 bits per heavy atom. The molecule has 8 rings (SSSR count). The zero-order valence-corrected chi connectivity index (χ0v) is 11.8. The number of nitrogens with zero attached hydrogens (tertiary/aromatic N) is 1. The summed E-state index contributed by atoms with van der Waals surface area (Å²) in [7, 11) is 0. The van der Waals surface area contributed by atoms with Gasteiger partial charge in [-0.1, -0.05) is 0 Å². The van der Waals surface area contributed by atoms with Crippen LogP contribution in [0.2, 0.25) is 0 Å². The van der Waals surface area contributed by atoms with Gasteiger partial charge in [-0.15, -0.1) is 0 Å². The van der Waals surface area contributed by atoms with Gasteiger partial charge in [-0.25, -0.2) is 0 Å². The van der Waals surface area contributed by atoms with Crippen molar-refractivity contribution in [2.75, 3.05) is 13.1 Å². The summed E-state index contributed by atoms with van der Waals surface area (Å²) in [5, 5.41) is 7.83. The molecule has 12 atom stereocenters. The Morgan fingerprint density at radius 3 is 1.55 bits per heavy atom. The highest BCUT2D eigenvalue weighted by atomic mass is 15.3. The standard InChI is InChI=1S/C17H23N3/c18-17(19)20-3-7-8(4-20)14-10-6-2-1-5-9(10)13(7)15-11(5)12(6)16(14)15/h5-16H,1-4H2,(H3,18,19). The summed E-state index contributed by atoms with van der Waals surface area (Å²) < 4.78 is 0. The third-order valence-electron chi connectivity index (χ3n) is 9.55. The molecule has 8 aliphatic rings. The summed E-state index contributed by atoms with van der Waals surface area (Å²) in [5.41, 5.74) is 5.81. The Bertz CT molecular complexity index is 512. The lowest BCUT2D eigenvalue weighted by Crippen LogP contribution is -2.57. The van der Waals surface area contributed by atoms with Gasteiger partial charge < -0.3 is 10.6 Å². The topological polar surface area (TPSA) is 53.1 Å². The van der Waals surface area contributed by atoms with Crippen molar-refractivity contribution in [3.8, 4) is 0 Å². The molecule has 8 fully saturated rings. The van der Waals surface area contributed by atoms with Crippen LogP contribution in [0.25, 0.3) is 0 Å². The van der Waals surface area contributed by atoms with Gasteiger partial charge in [0.15, 0.2) is 5.96 Å². The predicted octanol–water partition coefficient (Wildman–Crippen LogP) is 1.45. The molecular formula is C17H23N3. The van der Waals surface area contributed by atoms with E-state index in [2.05, 4.69) is 4.90 Å². The number of rotatable bonds is 0. The molecule has 106 valence electrons. The number of hydrogen-bond acceptors (Lipinski definition) is 1. The third-order valence-corrected chi connectivity index (χ3v) is 9.55. The Morgan fingerprint density at radius 2 is 1.10 bits per heavy atom. The molecule has 1 heterocycles. The van der Waals surface area contributed by atoms with E-state index in [4.69, 9.17) is 11.1 Å². The average molecular weight is 269 g/mol. The maximum Gasteiger partial charge on any atom is 0.188 e. The van der Waals surface area contributed by atoms with Gasteiger partial charge in [0.2, 0.25) is 0 Å². The highest BCUT2D eigenvalue weighted by Gasteiger charge is 2.85. The zero-order valence-electron chi connectivity index (χ0n) is 11.8. The maximum atomic E-state index is 7.83. The van der Waals surface area contributed by atoms with E-state index >= 15 is 0 Å². The van der Waals surface area contributed by atoms with Crippen molar-refractivity contribution < 1.29 is 0 Å². The summed E-state index contributed by atoms with van der Waals surface area (Å²) in [6, 6.07) is 0. The molecule has 3 nitrogen and oxygen atoms in total. The fourth-order valence-electron chi connectivity index (χ4n) is 9.89. The van der Waals surface area contributed by atoms with Crippen LogP contribution in [0.5, 0.6) is 0 Å². The van der Waals surface area contributed by atoms with E-state index in [1.807, 2.05) is 0 Å². The molecule has 12 unspecified atom stereocenters. The van der Waals surface area contributed by atoms with E-state index in [0.29, 0.717) is 5.96 Å². The van der Waals surface area contributed by atoms with Crippen LogP contribution in [-0.2, 0) is 0 Å².